The van der Waals surface area contributed by atoms with Crippen molar-refractivity contribution in [1.82, 2.24) is 0 Å². The van der Waals surface area contributed by atoms with Crippen molar-refractivity contribution in [3.63, 3.8) is 0 Å². The fourth-order valence-electron chi connectivity index (χ4n) is 1.53. The van der Waals surface area contributed by atoms with Crippen LogP contribution in [-0.2, 0) is 4.79 Å². The van der Waals surface area contributed by atoms with E-state index in [-0.39, 0.29) is 29.6 Å². The van der Waals surface area contributed by atoms with E-state index < -0.39 is 5.97 Å². The maximum absolute atomic E-state index is 10.0. The Hall–Kier alpha value is -0.0500. The molecule has 0 radical (unpaired) electrons. The van der Waals surface area contributed by atoms with Gasteiger partial charge in [-0.3, -0.25) is 0 Å². The molecule has 0 saturated carbocycles. The van der Waals surface area contributed by atoms with E-state index in [0.717, 1.165) is 12.5 Å². The fourth-order valence-corrected chi connectivity index (χ4v) is 1.53. The molecule has 0 aliphatic heterocycles. The molecule has 2 nitrogen and oxygen atoms in total. The average molecular weight is 246 g/mol. The summed E-state index contributed by atoms with van der Waals surface area (Å²) < 4.78 is 0. The zero-order valence-electron chi connectivity index (χ0n) is 11.3. The van der Waals surface area contributed by atoms with Gasteiger partial charge in [-0.25, -0.2) is 0 Å². The smallest absolute Gasteiger partial charge is 0.545 e. The molecule has 0 aromatic heterocycles. The van der Waals surface area contributed by atoms with Gasteiger partial charge in [0.15, 0.2) is 0 Å². The quantitative estimate of drug-likeness (QED) is 0.235. The summed E-state index contributed by atoms with van der Waals surface area (Å²) in [5, 5.41) is 10.0. The maximum atomic E-state index is 10.0. The van der Waals surface area contributed by atoms with Crippen molar-refractivity contribution in [2.24, 2.45) is 0 Å². The van der Waals surface area contributed by atoms with Gasteiger partial charge in [-0.05, 0) is 18.9 Å². The number of unbranched alkanes of at least 4 members (excludes halogenated alkanes) is 7. The normalized spacial score (nSPS) is 10.9. The predicted molar refractivity (Wildman–Crippen MR) is 65.9 cm³/mol. The van der Waals surface area contributed by atoms with E-state index in [1.165, 1.54) is 51.0 Å². The first kappa shape index (κ1) is 19.3. The molecular formula is C14H23NaO2. The van der Waals surface area contributed by atoms with Gasteiger partial charge in [-0.1, -0.05) is 63.7 Å². The van der Waals surface area contributed by atoms with Crippen molar-refractivity contribution < 1.29 is 39.5 Å². The third kappa shape index (κ3) is 18.5. The Kier molecular flexibility index (Phi) is 18.1. The molecule has 3 heteroatoms. The second-order valence-corrected chi connectivity index (χ2v) is 4.02. The van der Waals surface area contributed by atoms with Crippen LogP contribution in [0, 0.1) is 0 Å². The number of carbonyl (C=O) groups is 1. The summed E-state index contributed by atoms with van der Waals surface area (Å²) in [6.45, 7) is 2.23. The molecule has 0 rings (SSSR count). The number of carbonyl (C=O) groups excluding carboxylic acids is 1. The molecule has 0 N–H and O–H groups in total. The van der Waals surface area contributed by atoms with Crippen molar-refractivity contribution in [2.75, 3.05) is 0 Å². The van der Waals surface area contributed by atoms with Gasteiger partial charge in [0.2, 0.25) is 0 Å². The summed E-state index contributed by atoms with van der Waals surface area (Å²) in [7, 11) is 0. The molecule has 0 fully saturated rings. The molecule has 0 aromatic carbocycles. The molecule has 0 aromatic rings. The molecule has 0 bridgehead atoms. The predicted octanol–water partition coefficient (Wildman–Crippen LogP) is -0.00660. The molecule has 17 heavy (non-hydrogen) atoms. The summed E-state index contributed by atoms with van der Waals surface area (Å²) >= 11 is 0. The minimum absolute atomic E-state index is 0. The monoisotopic (exact) mass is 246 g/mol. The van der Waals surface area contributed by atoms with Gasteiger partial charge in [-0.15, -0.1) is 0 Å². The summed E-state index contributed by atoms with van der Waals surface area (Å²) in [4.78, 5) is 10.0. The van der Waals surface area contributed by atoms with Gasteiger partial charge < -0.3 is 9.90 Å². The minimum atomic E-state index is -1.14. The number of carboxylic acids is 1. The Balaban J connectivity index is 0. The molecule has 92 valence electrons. The van der Waals surface area contributed by atoms with E-state index in [1.807, 2.05) is 6.08 Å². The van der Waals surface area contributed by atoms with E-state index >= 15 is 0 Å². The van der Waals surface area contributed by atoms with Gasteiger partial charge >= 0.3 is 29.6 Å². The average Bonchev–Trinajstić information content (AvgIpc) is 2.25. The van der Waals surface area contributed by atoms with Gasteiger partial charge in [0, 0.05) is 0 Å². The molecule has 0 amide bonds. The number of carboxylic acid groups (broad SMARTS) is 1. The summed E-state index contributed by atoms with van der Waals surface area (Å²) in [6.07, 6.45) is 16.5. The summed E-state index contributed by atoms with van der Waals surface area (Å²) in [6, 6.07) is 0. The van der Waals surface area contributed by atoms with Gasteiger partial charge in [0.05, 0.1) is 5.97 Å². The van der Waals surface area contributed by atoms with Crippen LogP contribution in [0.5, 0.6) is 0 Å². The van der Waals surface area contributed by atoms with Crippen LogP contribution in [0.3, 0.4) is 0 Å². The molecule has 0 saturated heterocycles. The first-order valence-corrected chi connectivity index (χ1v) is 6.31. The van der Waals surface area contributed by atoms with Crippen LogP contribution in [0.25, 0.3) is 0 Å². The van der Waals surface area contributed by atoms with Crippen LogP contribution >= 0.6 is 0 Å². The van der Waals surface area contributed by atoms with Gasteiger partial charge in [-0.2, -0.15) is 0 Å². The van der Waals surface area contributed by atoms with Crippen molar-refractivity contribution in [3.05, 3.63) is 24.3 Å². The fraction of sp³-hybridized carbons (Fsp3) is 0.643. The molecule has 0 heterocycles. The van der Waals surface area contributed by atoms with Gasteiger partial charge in [0.25, 0.3) is 0 Å². The standard InChI is InChI=1S/C14H24O2.Na/c1-2-3-4-5-6-7-8-9-10-11-12-13-14(15)16;/h10-13H,2-9H2,1H3,(H,15,16);/q;+1/p-1/b11-10+,13-12+;. The Bertz CT molecular complexity index is 222. The Morgan fingerprint density at radius 1 is 1.00 bits per heavy atom. The zero-order chi connectivity index (χ0) is 12.1. The molecule has 0 spiro atoms. The van der Waals surface area contributed by atoms with Crippen LogP contribution in [0.1, 0.15) is 58.3 Å². The summed E-state index contributed by atoms with van der Waals surface area (Å²) in [5.41, 5.74) is 0. The molecule has 0 aliphatic rings. The first-order valence-electron chi connectivity index (χ1n) is 6.31. The molecule has 0 aliphatic carbocycles. The number of aliphatic carboxylic acids is 1. The van der Waals surface area contributed by atoms with E-state index in [4.69, 9.17) is 0 Å². The second kappa shape index (κ2) is 16.0. The van der Waals surface area contributed by atoms with Crippen molar-refractivity contribution in [1.29, 1.82) is 0 Å². The Morgan fingerprint density at radius 3 is 2.18 bits per heavy atom. The van der Waals surface area contributed by atoms with Crippen LogP contribution in [0.4, 0.5) is 0 Å². The van der Waals surface area contributed by atoms with Crippen LogP contribution in [0.15, 0.2) is 24.3 Å². The number of rotatable bonds is 10. The van der Waals surface area contributed by atoms with Crippen LogP contribution < -0.4 is 34.7 Å². The van der Waals surface area contributed by atoms with Crippen LogP contribution in [0.2, 0.25) is 0 Å². The Morgan fingerprint density at radius 2 is 1.59 bits per heavy atom. The summed E-state index contributed by atoms with van der Waals surface area (Å²) in [5.74, 6) is -1.14. The first-order chi connectivity index (χ1) is 7.77. The number of hydrogen-bond acceptors (Lipinski definition) is 2. The van der Waals surface area contributed by atoms with E-state index in [1.54, 1.807) is 6.08 Å². The Labute approximate surface area is 127 Å². The largest absolute Gasteiger partial charge is 1.00 e. The third-order valence-corrected chi connectivity index (χ3v) is 2.45. The topological polar surface area (TPSA) is 40.1 Å². The van der Waals surface area contributed by atoms with Gasteiger partial charge in [0.1, 0.15) is 0 Å². The molecule has 0 unspecified atom stereocenters. The van der Waals surface area contributed by atoms with E-state index in [9.17, 15) is 9.90 Å². The van der Waals surface area contributed by atoms with E-state index in [0.29, 0.717) is 0 Å². The van der Waals surface area contributed by atoms with Crippen molar-refractivity contribution in [3.8, 4) is 0 Å². The number of hydrogen-bond donors (Lipinski definition) is 0. The van der Waals surface area contributed by atoms with E-state index in [2.05, 4.69) is 6.92 Å². The SMILES string of the molecule is CCCCCCCCC/C=C/C=C/C(=O)[O-].[Na+]. The minimum Gasteiger partial charge on any atom is -0.545 e. The zero-order valence-corrected chi connectivity index (χ0v) is 13.3. The van der Waals surface area contributed by atoms with Crippen LogP contribution in [-0.4, -0.2) is 5.97 Å². The third-order valence-electron chi connectivity index (χ3n) is 2.45. The number of allylic oxidation sites excluding steroid dienone is 3. The maximum Gasteiger partial charge on any atom is 1.00 e. The molecular weight excluding hydrogens is 223 g/mol. The molecule has 0 atom stereocenters. The van der Waals surface area contributed by atoms with Crippen molar-refractivity contribution in [2.45, 2.75) is 58.3 Å². The second-order valence-electron chi connectivity index (χ2n) is 4.02. The van der Waals surface area contributed by atoms with Crippen molar-refractivity contribution >= 4 is 5.97 Å².